The van der Waals surface area contributed by atoms with Crippen LogP contribution in [-0.2, 0) is 4.79 Å². The highest BCUT2D eigenvalue weighted by Gasteiger charge is 2.04. The molecule has 0 fully saturated rings. The number of halogens is 2. The second kappa shape index (κ2) is 5.13. The topological polar surface area (TPSA) is 17.1 Å². The molecule has 0 radical (unpaired) electrons. The SMILES string of the molecule is O=C(/C=C/c1csc2c(Br)cccc12)CCl. The average molecular weight is 316 g/mol. The van der Waals surface area contributed by atoms with E-state index < -0.39 is 0 Å². The molecule has 16 heavy (non-hydrogen) atoms. The Labute approximate surface area is 111 Å². The number of ketones is 1. The maximum atomic E-state index is 11.1. The molecule has 0 N–H and O–H groups in total. The molecule has 0 atom stereocenters. The fraction of sp³-hybridized carbons (Fsp3) is 0.0833. The van der Waals surface area contributed by atoms with Gasteiger partial charge in [-0.15, -0.1) is 22.9 Å². The molecule has 0 aliphatic carbocycles. The molecule has 0 aliphatic rings. The molecule has 0 unspecified atom stereocenters. The second-order valence-electron chi connectivity index (χ2n) is 3.24. The van der Waals surface area contributed by atoms with Crippen LogP contribution in [0.15, 0.2) is 34.1 Å². The molecule has 82 valence electrons. The van der Waals surface area contributed by atoms with E-state index in [9.17, 15) is 4.79 Å². The van der Waals surface area contributed by atoms with Gasteiger partial charge in [0.2, 0.25) is 0 Å². The van der Waals surface area contributed by atoms with E-state index in [0.717, 1.165) is 15.4 Å². The van der Waals surface area contributed by atoms with Gasteiger partial charge in [0.25, 0.3) is 0 Å². The van der Waals surface area contributed by atoms with Crippen LogP contribution in [-0.4, -0.2) is 11.7 Å². The standard InChI is InChI=1S/C12H8BrClOS/c13-11-3-1-2-10-8(7-16-12(10)11)4-5-9(15)6-14/h1-5,7H,6H2/b5-4+. The van der Waals surface area contributed by atoms with Crippen molar-refractivity contribution < 1.29 is 4.79 Å². The molecule has 2 aromatic rings. The largest absolute Gasteiger partial charge is 0.294 e. The van der Waals surface area contributed by atoms with Crippen LogP contribution in [0, 0.1) is 0 Å². The van der Waals surface area contributed by atoms with Crippen molar-refractivity contribution in [3.8, 4) is 0 Å². The predicted octanol–water partition coefficient (Wildman–Crippen LogP) is 4.48. The maximum absolute atomic E-state index is 11.1. The first-order valence-electron chi connectivity index (χ1n) is 4.65. The summed E-state index contributed by atoms with van der Waals surface area (Å²) >= 11 is 10.6. The van der Waals surface area contributed by atoms with Crippen LogP contribution in [0.5, 0.6) is 0 Å². The fourth-order valence-corrected chi connectivity index (χ4v) is 3.08. The van der Waals surface area contributed by atoms with Gasteiger partial charge in [-0.3, -0.25) is 4.79 Å². The van der Waals surface area contributed by atoms with Crippen molar-refractivity contribution in [2.45, 2.75) is 0 Å². The minimum absolute atomic E-state index is 0.0300. The molecule has 1 nitrogen and oxygen atoms in total. The van der Waals surface area contributed by atoms with Crippen LogP contribution >= 0.6 is 38.9 Å². The smallest absolute Gasteiger partial charge is 0.170 e. The summed E-state index contributed by atoms with van der Waals surface area (Å²) in [5.74, 6) is -0.0431. The molecule has 1 aromatic carbocycles. The van der Waals surface area contributed by atoms with Crippen LogP contribution < -0.4 is 0 Å². The number of thiophene rings is 1. The van der Waals surface area contributed by atoms with E-state index in [-0.39, 0.29) is 11.7 Å². The van der Waals surface area contributed by atoms with Crippen molar-refractivity contribution in [1.29, 1.82) is 0 Å². The predicted molar refractivity (Wildman–Crippen MR) is 74.3 cm³/mol. The Kier molecular flexibility index (Phi) is 3.79. The first-order valence-corrected chi connectivity index (χ1v) is 6.85. The number of hydrogen-bond acceptors (Lipinski definition) is 2. The van der Waals surface area contributed by atoms with Crippen LogP contribution in [0.2, 0.25) is 0 Å². The van der Waals surface area contributed by atoms with E-state index in [1.165, 1.54) is 10.8 Å². The van der Waals surface area contributed by atoms with Gasteiger partial charge in [0.15, 0.2) is 5.78 Å². The molecule has 0 amide bonds. The van der Waals surface area contributed by atoms with Crippen LogP contribution in [0.4, 0.5) is 0 Å². The van der Waals surface area contributed by atoms with E-state index in [2.05, 4.69) is 15.9 Å². The third kappa shape index (κ3) is 2.37. The molecule has 0 saturated carbocycles. The Morgan fingerprint density at radius 1 is 1.50 bits per heavy atom. The highest BCUT2D eigenvalue weighted by Crippen LogP contribution is 2.32. The maximum Gasteiger partial charge on any atom is 0.170 e. The third-order valence-electron chi connectivity index (χ3n) is 2.16. The number of fused-ring (bicyclic) bond motifs is 1. The van der Waals surface area contributed by atoms with Crippen LogP contribution in [0.3, 0.4) is 0 Å². The van der Waals surface area contributed by atoms with E-state index in [0.29, 0.717) is 0 Å². The van der Waals surface area contributed by atoms with Gasteiger partial charge in [-0.05, 0) is 45.1 Å². The van der Waals surface area contributed by atoms with E-state index in [1.54, 1.807) is 11.3 Å². The Hall–Kier alpha value is -0.640. The average Bonchev–Trinajstić information content (AvgIpc) is 2.70. The van der Waals surface area contributed by atoms with Crippen LogP contribution in [0.1, 0.15) is 5.56 Å². The quantitative estimate of drug-likeness (QED) is 0.602. The molecule has 1 aromatic heterocycles. The monoisotopic (exact) mass is 314 g/mol. The van der Waals surface area contributed by atoms with Gasteiger partial charge in [0, 0.05) is 14.6 Å². The van der Waals surface area contributed by atoms with Gasteiger partial charge >= 0.3 is 0 Å². The number of carbonyl (C=O) groups is 1. The van der Waals surface area contributed by atoms with Crippen molar-refractivity contribution in [2.75, 3.05) is 5.88 Å². The van der Waals surface area contributed by atoms with E-state index in [1.807, 2.05) is 29.7 Å². The molecule has 2 rings (SSSR count). The molecule has 0 bridgehead atoms. The fourth-order valence-electron chi connectivity index (χ4n) is 1.40. The zero-order valence-corrected chi connectivity index (χ0v) is 11.4. The number of rotatable bonds is 3. The summed E-state index contributed by atoms with van der Waals surface area (Å²) < 4.78 is 2.28. The van der Waals surface area contributed by atoms with Crippen molar-refractivity contribution in [1.82, 2.24) is 0 Å². The van der Waals surface area contributed by atoms with Crippen molar-refractivity contribution in [3.05, 3.63) is 39.7 Å². The van der Waals surface area contributed by atoms with Gasteiger partial charge in [-0.2, -0.15) is 0 Å². The first-order chi connectivity index (χ1) is 7.72. The zero-order chi connectivity index (χ0) is 11.5. The Balaban J connectivity index is 2.43. The first kappa shape index (κ1) is 11.8. The molecule has 0 aliphatic heterocycles. The van der Waals surface area contributed by atoms with Gasteiger partial charge in [-0.25, -0.2) is 0 Å². The number of carbonyl (C=O) groups excluding carboxylic acids is 1. The Bertz CT molecular complexity index is 559. The summed E-state index contributed by atoms with van der Waals surface area (Å²) in [6, 6.07) is 6.04. The zero-order valence-electron chi connectivity index (χ0n) is 8.24. The van der Waals surface area contributed by atoms with Gasteiger partial charge in [-0.1, -0.05) is 12.1 Å². The van der Waals surface area contributed by atoms with E-state index in [4.69, 9.17) is 11.6 Å². The van der Waals surface area contributed by atoms with Gasteiger partial charge in [0.05, 0.1) is 5.88 Å². The minimum atomic E-state index is -0.0731. The van der Waals surface area contributed by atoms with Gasteiger partial charge < -0.3 is 0 Å². The van der Waals surface area contributed by atoms with Crippen molar-refractivity contribution >= 4 is 60.8 Å². The van der Waals surface area contributed by atoms with Crippen molar-refractivity contribution in [3.63, 3.8) is 0 Å². The molecule has 0 saturated heterocycles. The summed E-state index contributed by atoms with van der Waals surface area (Å²) in [4.78, 5) is 11.1. The van der Waals surface area contributed by atoms with Crippen molar-refractivity contribution in [2.24, 2.45) is 0 Å². The Morgan fingerprint density at radius 2 is 2.31 bits per heavy atom. The Morgan fingerprint density at radius 3 is 3.06 bits per heavy atom. The molecular formula is C12H8BrClOS. The van der Waals surface area contributed by atoms with Gasteiger partial charge in [0.1, 0.15) is 0 Å². The lowest BCUT2D eigenvalue weighted by atomic mass is 10.1. The third-order valence-corrected chi connectivity index (χ3v) is 4.40. The summed E-state index contributed by atoms with van der Waals surface area (Å²) in [5, 5.41) is 3.19. The second-order valence-corrected chi connectivity index (χ2v) is 5.24. The molecule has 1 heterocycles. The van der Waals surface area contributed by atoms with E-state index >= 15 is 0 Å². The normalized spacial score (nSPS) is 11.4. The summed E-state index contributed by atoms with van der Waals surface area (Å²) in [5.41, 5.74) is 1.06. The summed E-state index contributed by atoms with van der Waals surface area (Å²) in [6.07, 6.45) is 3.34. The molecule has 0 spiro atoms. The lowest BCUT2D eigenvalue weighted by Gasteiger charge is -1.94. The number of alkyl halides is 1. The lowest BCUT2D eigenvalue weighted by Crippen LogP contribution is -1.91. The lowest BCUT2D eigenvalue weighted by molar-refractivity contribution is -0.112. The number of hydrogen-bond donors (Lipinski definition) is 0. The van der Waals surface area contributed by atoms with Crippen LogP contribution in [0.25, 0.3) is 16.2 Å². The highest BCUT2D eigenvalue weighted by molar-refractivity contribution is 9.10. The minimum Gasteiger partial charge on any atom is -0.294 e. The summed E-state index contributed by atoms with van der Waals surface area (Å²) in [6.45, 7) is 0. The molecular weight excluding hydrogens is 308 g/mol. The highest BCUT2D eigenvalue weighted by atomic mass is 79.9. The molecule has 4 heteroatoms. The number of allylic oxidation sites excluding steroid dienone is 1. The summed E-state index contributed by atoms with van der Waals surface area (Å²) in [7, 11) is 0. The number of benzene rings is 1.